The van der Waals surface area contributed by atoms with E-state index in [1.165, 1.54) is 0 Å². The van der Waals surface area contributed by atoms with Crippen LogP contribution in [0.25, 0.3) is 12.2 Å². The van der Waals surface area contributed by atoms with Crippen molar-refractivity contribution < 1.29 is 9.90 Å². The van der Waals surface area contributed by atoms with Crippen LogP contribution in [0.5, 0.6) is 0 Å². The second kappa shape index (κ2) is 9.53. The molecule has 0 unspecified atom stereocenters. The third-order valence-electron chi connectivity index (χ3n) is 4.46. The number of nitrogens with two attached hydrogens (primary N) is 1. The molecule has 142 valence electrons. The molecule has 0 fully saturated rings. The number of benzene rings is 3. The average molecular weight is 372 g/mol. The van der Waals surface area contributed by atoms with E-state index in [9.17, 15) is 9.90 Å². The lowest BCUT2D eigenvalue weighted by Gasteiger charge is -2.17. The lowest BCUT2D eigenvalue weighted by Crippen LogP contribution is -2.39. The summed E-state index contributed by atoms with van der Waals surface area (Å²) in [4.78, 5) is 12.9. The summed E-state index contributed by atoms with van der Waals surface area (Å²) in [6.07, 6.45) is 4.39. The van der Waals surface area contributed by atoms with Gasteiger partial charge in [-0.3, -0.25) is 4.79 Å². The van der Waals surface area contributed by atoms with Gasteiger partial charge in [-0.1, -0.05) is 72.8 Å². The molecule has 4 N–H and O–H groups in total. The highest BCUT2D eigenvalue weighted by Gasteiger charge is 2.16. The van der Waals surface area contributed by atoms with E-state index in [0.717, 1.165) is 16.7 Å². The molecule has 0 saturated heterocycles. The first-order valence-corrected chi connectivity index (χ1v) is 9.24. The molecule has 4 heteroatoms. The van der Waals surface area contributed by atoms with Crippen LogP contribution in [0.2, 0.25) is 0 Å². The van der Waals surface area contributed by atoms with Gasteiger partial charge in [-0.25, -0.2) is 0 Å². The lowest BCUT2D eigenvalue weighted by atomic mass is 10.0. The Kier molecular flexibility index (Phi) is 6.60. The third kappa shape index (κ3) is 5.32. The molecule has 4 nitrogen and oxygen atoms in total. The highest BCUT2D eigenvalue weighted by atomic mass is 16.3. The summed E-state index contributed by atoms with van der Waals surface area (Å²) in [7, 11) is 0. The van der Waals surface area contributed by atoms with Crippen molar-refractivity contribution in [3.05, 3.63) is 101 Å². The Bertz CT molecular complexity index is 937. The molecule has 3 rings (SSSR count). The Morgan fingerprint density at radius 2 is 1.64 bits per heavy atom. The van der Waals surface area contributed by atoms with Gasteiger partial charge in [0.05, 0.1) is 12.6 Å². The Hall–Kier alpha value is -3.37. The van der Waals surface area contributed by atoms with Crippen LogP contribution in [0.4, 0.5) is 5.69 Å². The lowest BCUT2D eigenvalue weighted by molar-refractivity contribution is 0.0916. The van der Waals surface area contributed by atoms with Crippen LogP contribution >= 0.6 is 0 Å². The molecule has 0 aliphatic heterocycles. The first-order chi connectivity index (χ1) is 13.7. The number of hydrogen-bond acceptors (Lipinski definition) is 3. The number of carbonyl (C=O) groups is 1. The maximum atomic E-state index is 12.9. The summed E-state index contributed by atoms with van der Waals surface area (Å²) in [6.45, 7) is -0.134. The Labute approximate surface area is 165 Å². The number of hydrogen-bond donors (Lipinski definition) is 3. The minimum atomic E-state index is -0.363. The van der Waals surface area contributed by atoms with Crippen LogP contribution < -0.4 is 11.1 Å². The fourth-order valence-electron chi connectivity index (χ4n) is 3.00. The molecule has 0 spiro atoms. The number of aliphatic hydroxyl groups excluding tert-OH is 1. The minimum Gasteiger partial charge on any atom is -0.399 e. The molecule has 0 saturated carbocycles. The van der Waals surface area contributed by atoms with Crippen molar-refractivity contribution in [2.75, 3.05) is 12.3 Å². The number of aliphatic hydroxyl groups is 1. The summed E-state index contributed by atoms with van der Waals surface area (Å²) in [5.41, 5.74) is 9.86. The van der Waals surface area contributed by atoms with Crippen LogP contribution in [0.1, 0.15) is 27.0 Å². The van der Waals surface area contributed by atoms with Gasteiger partial charge in [0.1, 0.15) is 0 Å². The number of anilines is 1. The highest BCUT2D eigenvalue weighted by molar-refractivity contribution is 5.99. The smallest absolute Gasteiger partial charge is 0.252 e. The second-order valence-electron chi connectivity index (χ2n) is 6.63. The van der Waals surface area contributed by atoms with Gasteiger partial charge in [-0.05, 0) is 41.3 Å². The predicted molar refractivity (Wildman–Crippen MR) is 115 cm³/mol. The van der Waals surface area contributed by atoms with Crippen molar-refractivity contribution in [2.45, 2.75) is 12.5 Å². The van der Waals surface area contributed by atoms with Crippen LogP contribution in [-0.2, 0) is 6.42 Å². The zero-order chi connectivity index (χ0) is 19.8. The second-order valence-corrected chi connectivity index (χ2v) is 6.63. The van der Waals surface area contributed by atoms with E-state index in [2.05, 4.69) is 5.32 Å². The van der Waals surface area contributed by atoms with Crippen molar-refractivity contribution in [3.63, 3.8) is 0 Å². The quantitative estimate of drug-likeness (QED) is 0.436. The molecule has 0 heterocycles. The van der Waals surface area contributed by atoms with Crippen molar-refractivity contribution >= 4 is 23.7 Å². The Morgan fingerprint density at radius 3 is 2.32 bits per heavy atom. The maximum Gasteiger partial charge on any atom is 0.252 e. The number of amides is 1. The minimum absolute atomic E-state index is 0.134. The molecular formula is C24H24N2O2. The fourth-order valence-corrected chi connectivity index (χ4v) is 3.00. The molecule has 0 bridgehead atoms. The summed E-state index contributed by atoms with van der Waals surface area (Å²) in [5, 5.41) is 12.6. The average Bonchev–Trinajstić information content (AvgIpc) is 2.73. The zero-order valence-electron chi connectivity index (χ0n) is 15.6. The van der Waals surface area contributed by atoms with E-state index in [1.807, 2.05) is 72.8 Å². The third-order valence-corrected chi connectivity index (χ3v) is 4.46. The van der Waals surface area contributed by atoms with Gasteiger partial charge in [0.2, 0.25) is 0 Å². The van der Waals surface area contributed by atoms with Crippen LogP contribution in [0, 0.1) is 0 Å². The van der Waals surface area contributed by atoms with Gasteiger partial charge >= 0.3 is 0 Å². The van der Waals surface area contributed by atoms with Crippen LogP contribution in [0.15, 0.2) is 78.9 Å². The van der Waals surface area contributed by atoms with Gasteiger partial charge in [-0.2, -0.15) is 0 Å². The Morgan fingerprint density at radius 1 is 0.964 bits per heavy atom. The monoisotopic (exact) mass is 372 g/mol. The summed E-state index contributed by atoms with van der Waals surface area (Å²) in [6, 6.07) is 24.5. The van der Waals surface area contributed by atoms with E-state index in [0.29, 0.717) is 17.7 Å². The molecule has 28 heavy (non-hydrogen) atoms. The SMILES string of the molecule is Nc1ccc(C(=O)N[C@H](CO)Cc2ccccc2)c(/C=C/c2ccccc2)c1. The first-order valence-electron chi connectivity index (χ1n) is 9.24. The number of carbonyl (C=O) groups excluding carboxylic acids is 1. The maximum absolute atomic E-state index is 12.9. The van der Waals surface area contributed by atoms with Gasteiger partial charge in [0.15, 0.2) is 0 Å². The summed E-state index contributed by atoms with van der Waals surface area (Å²) in [5.74, 6) is -0.234. The van der Waals surface area contributed by atoms with E-state index < -0.39 is 0 Å². The van der Waals surface area contributed by atoms with Crippen molar-refractivity contribution in [1.82, 2.24) is 5.32 Å². The van der Waals surface area contributed by atoms with Crippen molar-refractivity contribution in [2.24, 2.45) is 0 Å². The molecule has 0 aromatic heterocycles. The van der Waals surface area contributed by atoms with E-state index in [4.69, 9.17) is 5.73 Å². The largest absolute Gasteiger partial charge is 0.399 e. The standard InChI is InChI=1S/C24H24N2O2/c25-21-13-14-23(20(16-21)12-11-18-7-3-1-4-8-18)24(28)26-22(17-27)15-19-9-5-2-6-10-19/h1-14,16,22,27H,15,17,25H2,(H,26,28)/b12-11+/t22-/m0/s1. The number of rotatable bonds is 7. The van der Waals surface area contributed by atoms with Crippen molar-refractivity contribution in [3.8, 4) is 0 Å². The molecule has 3 aromatic rings. The number of nitrogens with one attached hydrogen (secondary N) is 1. The van der Waals surface area contributed by atoms with E-state index in [-0.39, 0.29) is 18.6 Å². The van der Waals surface area contributed by atoms with Crippen LogP contribution in [-0.4, -0.2) is 23.7 Å². The fraction of sp³-hybridized carbons (Fsp3) is 0.125. The van der Waals surface area contributed by atoms with Gasteiger partial charge in [0, 0.05) is 11.3 Å². The van der Waals surface area contributed by atoms with Gasteiger partial charge < -0.3 is 16.2 Å². The zero-order valence-corrected chi connectivity index (χ0v) is 15.6. The predicted octanol–water partition coefficient (Wildman–Crippen LogP) is 3.77. The molecule has 0 aliphatic rings. The molecular weight excluding hydrogens is 348 g/mol. The molecule has 0 radical (unpaired) electrons. The van der Waals surface area contributed by atoms with Crippen molar-refractivity contribution in [1.29, 1.82) is 0 Å². The summed E-state index contributed by atoms with van der Waals surface area (Å²) >= 11 is 0. The molecule has 1 atom stereocenters. The molecule has 0 aliphatic carbocycles. The van der Waals surface area contributed by atoms with Gasteiger partial charge in [-0.15, -0.1) is 0 Å². The van der Waals surface area contributed by atoms with E-state index in [1.54, 1.807) is 18.2 Å². The van der Waals surface area contributed by atoms with E-state index >= 15 is 0 Å². The summed E-state index contributed by atoms with van der Waals surface area (Å²) < 4.78 is 0. The molecule has 1 amide bonds. The topological polar surface area (TPSA) is 75.4 Å². The number of nitrogen functional groups attached to an aromatic ring is 1. The van der Waals surface area contributed by atoms with Crippen LogP contribution in [0.3, 0.4) is 0 Å². The van der Waals surface area contributed by atoms with Gasteiger partial charge in [0.25, 0.3) is 5.91 Å². The highest BCUT2D eigenvalue weighted by Crippen LogP contribution is 2.18. The normalized spacial score (nSPS) is 12.0. The first kappa shape index (κ1) is 19.4. The Balaban J connectivity index is 1.78. The molecule has 3 aromatic carbocycles.